The molecule has 0 aliphatic heterocycles. The van der Waals surface area contributed by atoms with E-state index < -0.39 is 17.4 Å². The van der Waals surface area contributed by atoms with Gasteiger partial charge in [0.1, 0.15) is 35.8 Å². The SMILES string of the molecule is C#CCOc1ccc(C(C)(C)c2ccc(OCC#C)c(C(=O)O)c2)cc1C(=O)O. The predicted octanol–water partition coefficient (Wildman–Crippen LogP) is 3.43. The fraction of sp³-hybridized carbons (Fsp3) is 0.217. The van der Waals surface area contributed by atoms with Crippen LogP contribution in [-0.4, -0.2) is 35.4 Å². The quantitative estimate of drug-likeness (QED) is 0.669. The van der Waals surface area contributed by atoms with Gasteiger partial charge in [-0.1, -0.05) is 37.8 Å². The molecule has 2 N–H and O–H groups in total. The van der Waals surface area contributed by atoms with E-state index in [1.54, 1.807) is 24.3 Å². The van der Waals surface area contributed by atoms with Crippen LogP contribution >= 0.6 is 0 Å². The molecule has 148 valence electrons. The second-order valence-electron chi connectivity index (χ2n) is 6.64. The number of rotatable bonds is 8. The van der Waals surface area contributed by atoms with Crippen LogP contribution in [0.3, 0.4) is 0 Å². The van der Waals surface area contributed by atoms with Crippen LogP contribution in [-0.2, 0) is 5.41 Å². The lowest BCUT2D eigenvalue weighted by atomic mass is 9.77. The van der Waals surface area contributed by atoms with Crippen molar-refractivity contribution < 1.29 is 29.3 Å². The highest BCUT2D eigenvalue weighted by Crippen LogP contribution is 2.36. The van der Waals surface area contributed by atoms with Crippen molar-refractivity contribution in [1.29, 1.82) is 0 Å². The molecule has 0 saturated carbocycles. The van der Waals surface area contributed by atoms with Crippen LogP contribution in [0.25, 0.3) is 0 Å². The van der Waals surface area contributed by atoms with E-state index in [1.807, 2.05) is 13.8 Å². The first-order valence-electron chi connectivity index (χ1n) is 8.60. The minimum Gasteiger partial charge on any atom is -0.480 e. The van der Waals surface area contributed by atoms with Gasteiger partial charge >= 0.3 is 11.9 Å². The summed E-state index contributed by atoms with van der Waals surface area (Å²) >= 11 is 0. The summed E-state index contributed by atoms with van der Waals surface area (Å²) in [6, 6.07) is 9.53. The Morgan fingerprint density at radius 2 is 1.24 bits per heavy atom. The smallest absolute Gasteiger partial charge is 0.339 e. The topological polar surface area (TPSA) is 93.1 Å². The summed E-state index contributed by atoms with van der Waals surface area (Å²) in [5, 5.41) is 19.0. The van der Waals surface area contributed by atoms with Gasteiger partial charge in [0.2, 0.25) is 0 Å². The molecule has 0 atom stereocenters. The maximum atomic E-state index is 11.6. The average Bonchev–Trinajstić information content (AvgIpc) is 2.70. The Morgan fingerprint density at radius 1 is 0.862 bits per heavy atom. The van der Waals surface area contributed by atoms with Crippen LogP contribution in [0, 0.1) is 24.7 Å². The van der Waals surface area contributed by atoms with Gasteiger partial charge in [-0.3, -0.25) is 0 Å². The number of carboxylic acids is 2. The van der Waals surface area contributed by atoms with E-state index >= 15 is 0 Å². The van der Waals surface area contributed by atoms with Gasteiger partial charge in [-0.2, -0.15) is 0 Å². The van der Waals surface area contributed by atoms with E-state index in [1.165, 1.54) is 12.1 Å². The molecule has 0 bridgehead atoms. The fourth-order valence-corrected chi connectivity index (χ4v) is 2.83. The number of carbonyl (C=O) groups is 2. The van der Waals surface area contributed by atoms with E-state index in [0.717, 1.165) is 0 Å². The molecule has 0 spiro atoms. The summed E-state index contributed by atoms with van der Waals surface area (Å²) in [7, 11) is 0. The van der Waals surface area contributed by atoms with Gasteiger partial charge < -0.3 is 19.7 Å². The molecular formula is C23H20O6. The molecule has 2 aromatic rings. The maximum absolute atomic E-state index is 11.6. The molecule has 6 nitrogen and oxygen atoms in total. The number of hydrogen-bond donors (Lipinski definition) is 2. The lowest BCUT2D eigenvalue weighted by Gasteiger charge is -2.27. The Labute approximate surface area is 169 Å². The van der Waals surface area contributed by atoms with Crippen LogP contribution in [0.1, 0.15) is 45.7 Å². The number of ether oxygens (including phenoxy) is 2. The first kappa shape index (κ1) is 21.4. The summed E-state index contributed by atoms with van der Waals surface area (Å²) in [6.45, 7) is 3.62. The molecule has 0 unspecified atom stereocenters. The Morgan fingerprint density at radius 3 is 1.55 bits per heavy atom. The summed E-state index contributed by atoms with van der Waals surface area (Å²) in [5.74, 6) is 2.61. The zero-order valence-electron chi connectivity index (χ0n) is 16.1. The highest BCUT2D eigenvalue weighted by Gasteiger charge is 2.27. The van der Waals surface area contributed by atoms with Gasteiger partial charge in [-0.25, -0.2) is 9.59 Å². The van der Waals surface area contributed by atoms with Crippen molar-refractivity contribution in [1.82, 2.24) is 0 Å². The Balaban J connectivity index is 2.52. The molecular weight excluding hydrogens is 372 g/mol. The zero-order chi connectivity index (χ0) is 21.6. The minimum atomic E-state index is -1.15. The lowest BCUT2D eigenvalue weighted by Crippen LogP contribution is -2.21. The molecule has 0 saturated heterocycles. The van der Waals surface area contributed by atoms with Gasteiger partial charge in [-0.15, -0.1) is 12.8 Å². The maximum Gasteiger partial charge on any atom is 0.339 e. The van der Waals surface area contributed by atoms with Gasteiger partial charge in [0.25, 0.3) is 0 Å². The second-order valence-corrected chi connectivity index (χ2v) is 6.64. The monoisotopic (exact) mass is 392 g/mol. The fourth-order valence-electron chi connectivity index (χ4n) is 2.83. The van der Waals surface area contributed by atoms with Crippen LogP contribution in [0.5, 0.6) is 11.5 Å². The van der Waals surface area contributed by atoms with Gasteiger partial charge in [0, 0.05) is 5.41 Å². The largest absolute Gasteiger partial charge is 0.480 e. The van der Waals surface area contributed by atoms with Crippen molar-refractivity contribution in [3.8, 4) is 36.2 Å². The molecule has 0 aromatic heterocycles. The average molecular weight is 392 g/mol. The molecule has 6 heteroatoms. The molecule has 0 fully saturated rings. The Bertz CT molecular complexity index is 939. The second kappa shape index (κ2) is 8.86. The van der Waals surface area contributed by atoms with Crippen molar-refractivity contribution in [2.75, 3.05) is 13.2 Å². The van der Waals surface area contributed by atoms with E-state index in [4.69, 9.17) is 22.3 Å². The van der Waals surface area contributed by atoms with Crippen LogP contribution in [0.2, 0.25) is 0 Å². The molecule has 0 radical (unpaired) electrons. The number of carboxylic acid groups (broad SMARTS) is 2. The number of benzene rings is 2. The number of hydrogen-bond acceptors (Lipinski definition) is 4. The number of aromatic carboxylic acids is 2. The molecule has 0 heterocycles. The van der Waals surface area contributed by atoms with Crippen molar-refractivity contribution in [3.63, 3.8) is 0 Å². The molecule has 0 amide bonds. The Kier molecular flexibility index (Phi) is 6.54. The van der Waals surface area contributed by atoms with Crippen molar-refractivity contribution in [2.45, 2.75) is 19.3 Å². The van der Waals surface area contributed by atoms with Gasteiger partial charge in [0.15, 0.2) is 0 Å². The van der Waals surface area contributed by atoms with Crippen molar-refractivity contribution >= 4 is 11.9 Å². The Hall–Kier alpha value is -3.90. The van der Waals surface area contributed by atoms with E-state index in [9.17, 15) is 19.8 Å². The highest BCUT2D eigenvalue weighted by atomic mass is 16.5. The standard InChI is InChI=1S/C23H20O6/c1-5-11-28-19-9-7-15(13-17(19)21(24)25)23(3,4)16-8-10-20(29-12-6-2)18(14-16)22(26)27/h1-2,7-10,13-14H,11-12H2,3-4H3,(H,24,25)(H,26,27). The molecule has 2 rings (SSSR count). The van der Waals surface area contributed by atoms with Gasteiger partial charge in [-0.05, 0) is 35.4 Å². The summed E-state index contributed by atoms with van der Waals surface area (Å²) in [5.41, 5.74) is 0.564. The van der Waals surface area contributed by atoms with Crippen LogP contribution < -0.4 is 9.47 Å². The first-order valence-corrected chi connectivity index (χ1v) is 8.60. The van der Waals surface area contributed by atoms with E-state index in [-0.39, 0.29) is 35.8 Å². The summed E-state index contributed by atoms with van der Waals surface area (Å²) in [6.07, 6.45) is 10.3. The molecule has 29 heavy (non-hydrogen) atoms. The summed E-state index contributed by atoms with van der Waals surface area (Å²) in [4.78, 5) is 23.3. The zero-order valence-corrected chi connectivity index (χ0v) is 16.1. The van der Waals surface area contributed by atoms with E-state index in [0.29, 0.717) is 11.1 Å². The third-order valence-corrected chi connectivity index (χ3v) is 4.49. The lowest BCUT2D eigenvalue weighted by molar-refractivity contribution is 0.0681. The predicted molar refractivity (Wildman–Crippen MR) is 108 cm³/mol. The number of terminal acetylenes is 2. The third-order valence-electron chi connectivity index (χ3n) is 4.49. The van der Waals surface area contributed by atoms with Crippen molar-refractivity contribution in [2.24, 2.45) is 0 Å². The van der Waals surface area contributed by atoms with Crippen LogP contribution in [0.4, 0.5) is 0 Å². The molecule has 0 aliphatic rings. The van der Waals surface area contributed by atoms with E-state index in [2.05, 4.69) is 11.8 Å². The summed E-state index contributed by atoms with van der Waals surface area (Å²) < 4.78 is 10.6. The van der Waals surface area contributed by atoms with Crippen molar-refractivity contribution in [3.05, 3.63) is 58.7 Å². The minimum absolute atomic E-state index is 0.0294. The normalized spacial score (nSPS) is 10.5. The first-order chi connectivity index (χ1) is 13.7. The van der Waals surface area contributed by atoms with Crippen LogP contribution in [0.15, 0.2) is 36.4 Å². The molecule has 2 aromatic carbocycles. The highest BCUT2D eigenvalue weighted by molar-refractivity contribution is 5.92. The molecule has 0 aliphatic carbocycles. The third kappa shape index (κ3) is 4.69. The van der Waals surface area contributed by atoms with Gasteiger partial charge in [0.05, 0.1) is 0 Å².